The average Bonchev–Trinajstić information content (AvgIpc) is 3.11. The summed E-state index contributed by atoms with van der Waals surface area (Å²) in [5.41, 5.74) is 0. The van der Waals surface area contributed by atoms with Gasteiger partial charge in [-0.1, -0.05) is 138 Å². The predicted molar refractivity (Wildman–Crippen MR) is 213 cm³/mol. The van der Waals surface area contributed by atoms with Crippen LogP contribution in [0.5, 0.6) is 0 Å². The van der Waals surface area contributed by atoms with Crippen LogP contribution in [0.4, 0.5) is 0 Å². The fourth-order valence-electron chi connectivity index (χ4n) is 5.00. The summed E-state index contributed by atoms with van der Waals surface area (Å²) in [7, 11) is -4.78. The van der Waals surface area contributed by atoms with E-state index in [4.69, 9.17) is 19.3 Å². The highest BCUT2D eigenvalue weighted by Crippen LogP contribution is 2.36. The first-order valence-electron chi connectivity index (χ1n) is 19.8. The Kier molecular flexibility index (Phi) is 35.0. The van der Waals surface area contributed by atoms with Crippen LogP contribution in [0, 0.1) is 0 Å². The van der Waals surface area contributed by atoms with Crippen LogP contribution in [0.15, 0.2) is 72.9 Å². The van der Waals surface area contributed by atoms with Gasteiger partial charge >= 0.3 is 19.8 Å². The maximum Gasteiger partial charge on any atom is 0.469 e. The normalized spacial score (nSPS) is 13.9. The van der Waals surface area contributed by atoms with Crippen LogP contribution in [-0.2, 0) is 28.2 Å². The smallest absolute Gasteiger partial charge is 0.462 e. The molecular formula is C42H71O9P. The Morgan fingerprint density at radius 3 is 1.63 bits per heavy atom. The predicted octanol–water partition coefficient (Wildman–Crippen LogP) is 10.9. The number of hydrogen-bond donors (Lipinski definition) is 3. The second-order valence-corrected chi connectivity index (χ2v) is 14.3. The zero-order chi connectivity index (χ0) is 38.4. The molecule has 0 rings (SSSR count). The number of carbonyl (C=O) groups is 2. The minimum Gasteiger partial charge on any atom is -0.462 e. The molecule has 0 amide bonds. The van der Waals surface area contributed by atoms with E-state index in [2.05, 4.69) is 67.0 Å². The largest absolute Gasteiger partial charge is 0.469 e. The van der Waals surface area contributed by atoms with Crippen molar-refractivity contribution in [2.24, 2.45) is 0 Å². The lowest BCUT2D eigenvalue weighted by Gasteiger charge is -2.18. The van der Waals surface area contributed by atoms with Gasteiger partial charge in [0.05, 0.1) is 12.7 Å². The Hall–Kier alpha value is -2.55. The summed E-state index contributed by atoms with van der Waals surface area (Å²) in [6.45, 7) is 3.43. The molecule has 2 atom stereocenters. The fraction of sp³-hybridized carbons (Fsp3) is 0.667. The third-order valence-electron chi connectivity index (χ3n) is 8.02. The van der Waals surface area contributed by atoms with Gasteiger partial charge in [-0.15, -0.1) is 0 Å². The van der Waals surface area contributed by atoms with Gasteiger partial charge in [0.15, 0.2) is 6.10 Å². The van der Waals surface area contributed by atoms with Gasteiger partial charge in [0.1, 0.15) is 6.61 Å². The molecule has 3 N–H and O–H groups in total. The van der Waals surface area contributed by atoms with Crippen LogP contribution in [0.1, 0.15) is 155 Å². The molecule has 0 saturated carbocycles. The Labute approximate surface area is 315 Å². The molecule has 0 aromatic heterocycles. The summed E-state index contributed by atoms with van der Waals surface area (Å²) < 4.78 is 26.3. The first-order chi connectivity index (χ1) is 25.2. The van der Waals surface area contributed by atoms with Crippen molar-refractivity contribution in [3.05, 3.63) is 72.9 Å². The molecule has 0 aliphatic heterocycles. The van der Waals surface area contributed by atoms with E-state index in [1.54, 1.807) is 0 Å². The quantitative estimate of drug-likeness (QED) is 0.0250. The molecule has 0 aliphatic carbocycles. The van der Waals surface area contributed by atoms with Crippen LogP contribution < -0.4 is 0 Å². The number of rotatable bonds is 35. The molecule has 9 nitrogen and oxygen atoms in total. The van der Waals surface area contributed by atoms with Crippen molar-refractivity contribution in [3.63, 3.8) is 0 Å². The number of unbranched alkanes of at least 4 members (excludes halogenated alkanes) is 11. The van der Waals surface area contributed by atoms with Gasteiger partial charge in [0.2, 0.25) is 0 Å². The van der Waals surface area contributed by atoms with E-state index in [1.807, 2.05) is 24.3 Å². The Bertz CT molecular complexity index is 1090. The second kappa shape index (κ2) is 36.8. The minimum atomic E-state index is -4.78. The fourth-order valence-corrected chi connectivity index (χ4v) is 5.36. The van der Waals surface area contributed by atoms with Gasteiger partial charge < -0.3 is 24.4 Å². The molecule has 0 aliphatic rings. The van der Waals surface area contributed by atoms with E-state index in [-0.39, 0.29) is 25.6 Å². The number of allylic oxidation sites excluding steroid dienone is 11. The Morgan fingerprint density at radius 1 is 0.577 bits per heavy atom. The van der Waals surface area contributed by atoms with Crippen molar-refractivity contribution in [2.75, 3.05) is 13.2 Å². The maximum atomic E-state index is 12.4. The van der Waals surface area contributed by atoms with E-state index >= 15 is 0 Å². The molecule has 0 spiro atoms. The van der Waals surface area contributed by atoms with Crippen molar-refractivity contribution in [1.29, 1.82) is 0 Å². The number of phosphoric ester groups is 1. The monoisotopic (exact) mass is 750 g/mol. The average molecular weight is 751 g/mol. The van der Waals surface area contributed by atoms with E-state index in [0.29, 0.717) is 19.3 Å². The zero-order valence-electron chi connectivity index (χ0n) is 32.3. The summed E-state index contributed by atoms with van der Waals surface area (Å²) >= 11 is 0. The number of carbonyl (C=O) groups excluding carboxylic acids is 2. The van der Waals surface area contributed by atoms with Gasteiger partial charge in [-0.25, -0.2) is 4.57 Å². The Morgan fingerprint density at radius 2 is 1.06 bits per heavy atom. The summed E-state index contributed by atoms with van der Waals surface area (Å²) in [6.07, 6.45) is 43.9. The van der Waals surface area contributed by atoms with Crippen molar-refractivity contribution in [2.45, 2.75) is 167 Å². The summed E-state index contributed by atoms with van der Waals surface area (Å²) in [6, 6.07) is 0. The maximum absolute atomic E-state index is 12.4. The molecular weight excluding hydrogens is 679 g/mol. The minimum absolute atomic E-state index is 0.113. The highest BCUT2D eigenvalue weighted by Gasteiger charge is 2.22. The molecule has 0 aromatic rings. The van der Waals surface area contributed by atoms with Crippen molar-refractivity contribution >= 4 is 19.8 Å². The molecule has 52 heavy (non-hydrogen) atoms. The number of phosphoric acid groups is 1. The number of ether oxygens (including phenoxy) is 2. The number of aliphatic hydroxyl groups is 1. The number of esters is 2. The van der Waals surface area contributed by atoms with E-state index in [1.165, 1.54) is 25.7 Å². The summed E-state index contributed by atoms with van der Waals surface area (Å²) in [5, 5.41) is 9.78. The van der Waals surface area contributed by atoms with Crippen molar-refractivity contribution < 1.29 is 43.0 Å². The first kappa shape index (κ1) is 49.5. The van der Waals surface area contributed by atoms with Gasteiger partial charge in [-0.2, -0.15) is 0 Å². The molecule has 0 radical (unpaired) electrons. The standard InChI is InChI=1S/C42H71O9P/c1-3-5-7-8-9-10-11-12-13-14-15-19-22-25-28-31-35-41(44)49-37-40(38-50-52(46,47)48)51-42(45)36-32-29-26-23-20-17-16-18-21-24-27-30-34-39(43)33-6-4-2/h9-10,12-13,16-17,21,23-24,26,30,34,39-40,43H,3-8,11,14-15,18-20,22,25,27-29,31-33,35-38H2,1-2H3,(H2,46,47,48)/b10-9-,13-12-,17-16-,24-21-,26-23-,34-30-/t39-,40-/m1/s1. The van der Waals surface area contributed by atoms with Crippen molar-refractivity contribution in [1.82, 2.24) is 0 Å². The van der Waals surface area contributed by atoms with Crippen molar-refractivity contribution in [3.8, 4) is 0 Å². The van der Waals surface area contributed by atoms with Crippen LogP contribution >= 0.6 is 7.82 Å². The van der Waals surface area contributed by atoms with E-state index in [9.17, 15) is 19.3 Å². The molecule has 0 aromatic carbocycles. The summed E-state index contributed by atoms with van der Waals surface area (Å²) in [5.74, 6) is -0.992. The third-order valence-corrected chi connectivity index (χ3v) is 8.50. The first-order valence-corrected chi connectivity index (χ1v) is 21.4. The lowest BCUT2D eigenvalue weighted by atomic mass is 10.1. The highest BCUT2D eigenvalue weighted by molar-refractivity contribution is 7.46. The van der Waals surface area contributed by atoms with Crippen LogP contribution in [0.2, 0.25) is 0 Å². The highest BCUT2D eigenvalue weighted by atomic mass is 31.2. The van der Waals surface area contributed by atoms with Gasteiger partial charge in [0, 0.05) is 12.8 Å². The second-order valence-electron chi connectivity index (χ2n) is 13.1. The summed E-state index contributed by atoms with van der Waals surface area (Å²) in [4.78, 5) is 42.7. The lowest BCUT2D eigenvalue weighted by Crippen LogP contribution is -2.29. The molecule has 0 bridgehead atoms. The van der Waals surface area contributed by atoms with E-state index in [0.717, 1.165) is 83.5 Å². The molecule has 0 saturated heterocycles. The molecule has 0 fully saturated rings. The zero-order valence-corrected chi connectivity index (χ0v) is 33.2. The number of hydrogen-bond acceptors (Lipinski definition) is 7. The molecule has 10 heteroatoms. The third kappa shape index (κ3) is 38.7. The molecule has 0 heterocycles. The molecule has 298 valence electrons. The number of aliphatic hydroxyl groups excluding tert-OH is 1. The molecule has 0 unspecified atom stereocenters. The van der Waals surface area contributed by atoms with Crippen LogP contribution in [0.25, 0.3) is 0 Å². The van der Waals surface area contributed by atoms with Crippen LogP contribution in [-0.4, -0.2) is 52.3 Å². The van der Waals surface area contributed by atoms with Gasteiger partial charge in [0.25, 0.3) is 0 Å². The topological polar surface area (TPSA) is 140 Å². The lowest BCUT2D eigenvalue weighted by molar-refractivity contribution is -0.161. The van der Waals surface area contributed by atoms with Gasteiger partial charge in [-0.3, -0.25) is 14.1 Å². The SMILES string of the molecule is CCCCC/C=C\C/C=C\CCCCCCCCC(=O)OC[C@H](COP(=O)(O)O)OC(=O)CCC/C=C\C/C=C\C/C=C\C/C=C\[C@H](O)CCCC. The Balaban J connectivity index is 4.11. The van der Waals surface area contributed by atoms with Gasteiger partial charge in [-0.05, 0) is 77.0 Å². The van der Waals surface area contributed by atoms with E-state index < -0.39 is 32.5 Å². The van der Waals surface area contributed by atoms with Crippen LogP contribution in [0.3, 0.4) is 0 Å².